The zero-order chi connectivity index (χ0) is 14.4. The van der Waals surface area contributed by atoms with Crippen molar-refractivity contribution < 1.29 is 19.3 Å². The maximum atomic E-state index is 10.3. The molecule has 2 unspecified atom stereocenters. The molecule has 112 valence electrons. The van der Waals surface area contributed by atoms with E-state index >= 15 is 0 Å². The Morgan fingerprint density at radius 1 is 1.20 bits per heavy atom. The van der Waals surface area contributed by atoms with Crippen LogP contribution in [0.4, 0.5) is 0 Å². The number of ether oxygens (including phenoxy) is 3. The monoisotopic (exact) mass is 280 g/mol. The summed E-state index contributed by atoms with van der Waals surface area (Å²) in [5.41, 5.74) is 0.831. The summed E-state index contributed by atoms with van der Waals surface area (Å²) >= 11 is 0. The van der Waals surface area contributed by atoms with Crippen molar-refractivity contribution in [1.82, 2.24) is 0 Å². The highest BCUT2D eigenvalue weighted by molar-refractivity contribution is 5.39. The van der Waals surface area contributed by atoms with Crippen LogP contribution in [0.3, 0.4) is 0 Å². The zero-order valence-corrected chi connectivity index (χ0v) is 12.3. The minimum absolute atomic E-state index is 0.297. The molecule has 1 saturated heterocycles. The topological polar surface area (TPSA) is 47.9 Å². The zero-order valence-electron chi connectivity index (χ0n) is 12.3. The van der Waals surface area contributed by atoms with Gasteiger partial charge >= 0.3 is 0 Å². The number of rotatable bonds is 6. The van der Waals surface area contributed by atoms with Gasteiger partial charge in [0.1, 0.15) is 11.5 Å². The SMILES string of the molecule is COc1cc(OC)cc(C(O)CCC2CCCCO2)c1. The van der Waals surface area contributed by atoms with Crippen LogP contribution in [0.25, 0.3) is 0 Å². The first-order chi connectivity index (χ1) is 9.72. The summed E-state index contributed by atoms with van der Waals surface area (Å²) < 4.78 is 16.1. The van der Waals surface area contributed by atoms with E-state index in [1.54, 1.807) is 20.3 Å². The summed E-state index contributed by atoms with van der Waals surface area (Å²) in [5, 5.41) is 10.3. The minimum Gasteiger partial charge on any atom is -0.497 e. The predicted molar refractivity (Wildman–Crippen MR) is 77.3 cm³/mol. The Labute approximate surface area is 120 Å². The van der Waals surface area contributed by atoms with Gasteiger partial charge in [0.2, 0.25) is 0 Å². The first kappa shape index (κ1) is 15.1. The molecule has 0 bridgehead atoms. The molecule has 1 aliphatic heterocycles. The smallest absolute Gasteiger partial charge is 0.122 e. The van der Waals surface area contributed by atoms with Crippen molar-refractivity contribution in [2.45, 2.75) is 44.3 Å². The fourth-order valence-electron chi connectivity index (χ4n) is 2.57. The molecule has 0 radical (unpaired) electrons. The third-order valence-corrected chi connectivity index (χ3v) is 3.79. The number of aliphatic hydroxyl groups is 1. The van der Waals surface area contributed by atoms with E-state index in [1.165, 1.54) is 6.42 Å². The number of hydrogen-bond donors (Lipinski definition) is 1. The van der Waals surface area contributed by atoms with E-state index in [-0.39, 0.29) is 0 Å². The molecule has 1 aliphatic rings. The summed E-state index contributed by atoms with van der Waals surface area (Å²) in [6.07, 6.45) is 4.87. The number of aliphatic hydroxyl groups excluding tert-OH is 1. The molecule has 0 spiro atoms. The van der Waals surface area contributed by atoms with Gasteiger partial charge in [0.15, 0.2) is 0 Å². The summed E-state index contributed by atoms with van der Waals surface area (Å²) in [7, 11) is 3.22. The Kier molecular flexibility index (Phi) is 5.68. The van der Waals surface area contributed by atoms with Gasteiger partial charge in [-0.05, 0) is 49.8 Å². The normalized spacial score (nSPS) is 20.4. The van der Waals surface area contributed by atoms with Crippen LogP contribution in [0.15, 0.2) is 18.2 Å². The second-order valence-electron chi connectivity index (χ2n) is 5.23. The lowest BCUT2D eigenvalue weighted by molar-refractivity contribution is 0.00211. The van der Waals surface area contributed by atoms with Crippen molar-refractivity contribution in [3.8, 4) is 11.5 Å². The van der Waals surface area contributed by atoms with Crippen molar-refractivity contribution in [2.75, 3.05) is 20.8 Å². The van der Waals surface area contributed by atoms with E-state index < -0.39 is 6.10 Å². The molecular weight excluding hydrogens is 256 g/mol. The second kappa shape index (κ2) is 7.50. The standard InChI is InChI=1S/C16H24O4/c1-18-14-9-12(10-15(11-14)19-2)16(17)7-6-13-5-3-4-8-20-13/h9-11,13,16-17H,3-8H2,1-2H3. The van der Waals surface area contributed by atoms with Crippen LogP contribution in [0.2, 0.25) is 0 Å². The van der Waals surface area contributed by atoms with Crippen LogP contribution in [-0.2, 0) is 4.74 Å². The number of methoxy groups -OCH3 is 2. The van der Waals surface area contributed by atoms with Gasteiger partial charge in [-0.15, -0.1) is 0 Å². The summed E-state index contributed by atoms with van der Waals surface area (Å²) in [4.78, 5) is 0. The third kappa shape index (κ3) is 4.12. The molecule has 20 heavy (non-hydrogen) atoms. The Balaban J connectivity index is 1.95. The molecule has 0 saturated carbocycles. The van der Waals surface area contributed by atoms with Crippen LogP contribution in [-0.4, -0.2) is 32.0 Å². The highest BCUT2D eigenvalue weighted by Crippen LogP contribution is 2.29. The van der Waals surface area contributed by atoms with Crippen LogP contribution < -0.4 is 9.47 Å². The van der Waals surface area contributed by atoms with Crippen molar-refractivity contribution >= 4 is 0 Å². The maximum Gasteiger partial charge on any atom is 0.122 e. The van der Waals surface area contributed by atoms with Crippen molar-refractivity contribution in [1.29, 1.82) is 0 Å². The van der Waals surface area contributed by atoms with Gasteiger partial charge in [-0.1, -0.05) is 0 Å². The fourth-order valence-corrected chi connectivity index (χ4v) is 2.57. The van der Waals surface area contributed by atoms with E-state index in [0.29, 0.717) is 24.0 Å². The molecule has 1 N–H and O–H groups in total. The van der Waals surface area contributed by atoms with Crippen molar-refractivity contribution in [2.24, 2.45) is 0 Å². The van der Waals surface area contributed by atoms with Crippen LogP contribution in [0.1, 0.15) is 43.8 Å². The minimum atomic E-state index is -0.510. The van der Waals surface area contributed by atoms with Gasteiger partial charge < -0.3 is 19.3 Å². The molecule has 4 nitrogen and oxygen atoms in total. The van der Waals surface area contributed by atoms with Crippen LogP contribution >= 0.6 is 0 Å². The molecule has 1 fully saturated rings. The highest BCUT2D eigenvalue weighted by atomic mass is 16.5. The highest BCUT2D eigenvalue weighted by Gasteiger charge is 2.17. The average Bonchev–Trinajstić information content (AvgIpc) is 2.52. The average molecular weight is 280 g/mol. The van der Waals surface area contributed by atoms with E-state index in [4.69, 9.17) is 14.2 Å². The Morgan fingerprint density at radius 2 is 1.90 bits per heavy atom. The molecule has 2 rings (SSSR count). The molecule has 0 amide bonds. The van der Waals surface area contributed by atoms with E-state index in [0.717, 1.165) is 31.4 Å². The van der Waals surface area contributed by atoms with Crippen molar-refractivity contribution in [3.05, 3.63) is 23.8 Å². The quantitative estimate of drug-likeness (QED) is 0.870. The van der Waals surface area contributed by atoms with Gasteiger partial charge in [0.25, 0.3) is 0 Å². The lowest BCUT2D eigenvalue weighted by Gasteiger charge is -2.23. The van der Waals surface area contributed by atoms with Crippen molar-refractivity contribution in [3.63, 3.8) is 0 Å². The number of benzene rings is 1. The Morgan fingerprint density at radius 3 is 2.45 bits per heavy atom. The third-order valence-electron chi connectivity index (χ3n) is 3.79. The predicted octanol–water partition coefficient (Wildman–Crippen LogP) is 3.09. The molecule has 1 heterocycles. The number of hydrogen-bond acceptors (Lipinski definition) is 4. The lowest BCUT2D eigenvalue weighted by atomic mass is 9.99. The Bertz CT molecular complexity index is 391. The molecule has 1 aromatic rings. The molecule has 1 aromatic carbocycles. The molecule has 0 aromatic heterocycles. The summed E-state index contributed by atoms with van der Waals surface area (Å²) in [5.74, 6) is 1.40. The largest absolute Gasteiger partial charge is 0.497 e. The summed E-state index contributed by atoms with van der Waals surface area (Å²) in [6, 6.07) is 5.52. The summed E-state index contributed by atoms with van der Waals surface area (Å²) in [6.45, 7) is 0.855. The Hall–Kier alpha value is -1.26. The van der Waals surface area contributed by atoms with E-state index in [1.807, 2.05) is 12.1 Å². The first-order valence-electron chi connectivity index (χ1n) is 7.25. The van der Waals surface area contributed by atoms with Gasteiger partial charge in [-0.25, -0.2) is 0 Å². The van der Waals surface area contributed by atoms with E-state index in [9.17, 15) is 5.11 Å². The van der Waals surface area contributed by atoms with Gasteiger partial charge in [-0.2, -0.15) is 0 Å². The fraction of sp³-hybridized carbons (Fsp3) is 0.625. The van der Waals surface area contributed by atoms with Gasteiger partial charge in [0, 0.05) is 12.7 Å². The lowest BCUT2D eigenvalue weighted by Crippen LogP contribution is -2.19. The molecule has 4 heteroatoms. The van der Waals surface area contributed by atoms with Crippen LogP contribution in [0, 0.1) is 0 Å². The van der Waals surface area contributed by atoms with E-state index in [2.05, 4.69) is 0 Å². The second-order valence-corrected chi connectivity index (χ2v) is 5.23. The van der Waals surface area contributed by atoms with Gasteiger partial charge in [0.05, 0.1) is 26.4 Å². The van der Waals surface area contributed by atoms with Crippen LogP contribution in [0.5, 0.6) is 11.5 Å². The maximum absolute atomic E-state index is 10.3. The first-order valence-corrected chi connectivity index (χ1v) is 7.25. The van der Waals surface area contributed by atoms with Gasteiger partial charge in [-0.3, -0.25) is 0 Å². The molecule has 2 atom stereocenters. The molecular formula is C16H24O4. The molecule has 0 aliphatic carbocycles.